The van der Waals surface area contributed by atoms with Crippen LogP contribution < -0.4 is 11.1 Å². The molecule has 0 radical (unpaired) electrons. The van der Waals surface area contributed by atoms with Crippen LogP contribution in [-0.2, 0) is 11.8 Å². The molecule has 1 saturated heterocycles. The molecule has 1 aromatic carbocycles. The Morgan fingerprint density at radius 3 is 2.72 bits per heavy atom. The largest absolute Gasteiger partial charge is 0.383 e. The summed E-state index contributed by atoms with van der Waals surface area (Å²) in [6.45, 7) is 6.06. The summed E-state index contributed by atoms with van der Waals surface area (Å²) < 4.78 is 9.32. The van der Waals surface area contributed by atoms with Gasteiger partial charge in [-0.25, -0.2) is 9.48 Å². The van der Waals surface area contributed by atoms with Gasteiger partial charge in [-0.05, 0) is 53.5 Å². The summed E-state index contributed by atoms with van der Waals surface area (Å²) in [7, 11) is 3.73. The topological polar surface area (TPSA) is 103 Å². The van der Waals surface area contributed by atoms with E-state index in [1.807, 2.05) is 55.2 Å². The van der Waals surface area contributed by atoms with Crippen LogP contribution in [0.1, 0.15) is 23.6 Å². The fourth-order valence-corrected chi connectivity index (χ4v) is 4.01. The molecule has 32 heavy (non-hydrogen) atoms. The summed E-state index contributed by atoms with van der Waals surface area (Å²) in [6.07, 6.45) is 5.37. The highest BCUT2D eigenvalue weighted by atomic mass is 79.9. The first kappa shape index (κ1) is 24.0. The van der Waals surface area contributed by atoms with Crippen LogP contribution in [-0.4, -0.2) is 63.8 Å². The molecule has 10 heteroatoms. The highest BCUT2D eigenvalue weighted by Crippen LogP contribution is 2.28. The van der Waals surface area contributed by atoms with E-state index in [9.17, 15) is 4.79 Å². The molecule has 0 bridgehead atoms. The number of amides is 2. The van der Waals surface area contributed by atoms with E-state index in [1.165, 1.54) is 18.5 Å². The average molecular weight is 504 g/mol. The van der Waals surface area contributed by atoms with Crippen LogP contribution >= 0.6 is 15.9 Å². The number of nitrogens with one attached hydrogen (secondary N) is 1. The van der Waals surface area contributed by atoms with Crippen molar-refractivity contribution >= 4 is 27.8 Å². The van der Waals surface area contributed by atoms with Crippen molar-refractivity contribution in [2.45, 2.75) is 19.3 Å². The number of ether oxygens (including phenoxy) is 1. The molecule has 3 N–H and O–H groups in total. The molecule has 2 amide bonds. The van der Waals surface area contributed by atoms with Gasteiger partial charge < -0.3 is 15.4 Å². The molecular formula is C22H30BrN7O2. The number of nitrogens with two attached hydrogens (primary N) is 1. The number of anilines is 1. The van der Waals surface area contributed by atoms with E-state index in [0.717, 1.165) is 35.6 Å². The van der Waals surface area contributed by atoms with Crippen molar-refractivity contribution in [3.63, 3.8) is 0 Å². The Labute approximate surface area is 196 Å². The first-order chi connectivity index (χ1) is 15.4. The number of carbonyl (C=O) groups excluding carboxylic acids is 1. The number of likely N-dealkylation sites (tertiary alicyclic amines) is 1. The number of primary amides is 1. The third-order valence-electron chi connectivity index (χ3n) is 5.31. The molecule has 4 rings (SSSR count). The first-order valence-electron chi connectivity index (χ1n) is 10.5. The molecule has 172 valence electrons. The second kappa shape index (κ2) is 11.3. The lowest BCUT2D eigenvalue weighted by Gasteiger charge is -2.14. The monoisotopic (exact) mass is 503 g/mol. The van der Waals surface area contributed by atoms with Crippen LogP contribution in [0.2, 0.25) is 0 Å². The molecule has 9 nitrogen and oxygen atoms in total. The summed E-state index contributed by atoms with van der Waals surface area (Å²) in [5.74, 6) is 1.19. The minimum atomic E-state index is -0.622. The maximum Gasteiger partial charge on any atom is 0.317 e. The molecule has 3 heterocycles. The maximum absolute atomic E-state index is 11.0. The Bertz CT molecular complexity index is 1020. The average Bonchev–Trinajstić information content (AvgIpc) is 3.49. The van der Waals surface area contributed by atoms with E-state index < -0.39 is 6.03 Å². The Morgan fingerprint density at radius 2 is 2.09 bits per heavy atom. The number of methoxy groups -OCH3 is 1. The Morgan fingerprint density at radius 1 is 1.34 bits per heavy atom. The molecule has 0 saturated carbocycles. The zero-order valence-corrected chi connectivity index (χ0v) is 20.2. The summed E-state index contributed by atoms with van der Waals surface area (Å²) in [5, 5.41) is 11.1. The van der Waals surface area contributed by atoms with Crippen molar-refractivity contribution in [3.05, 3.63) is 58.5 Å². The number of carbonyl (C=O) groups is 1. The van der Waals surface area contributed by atoms with Crippen LogP contribution in [0, 0.1) is 6.92 Å². The van der Waals surface area contributed by atoms with Crippen LogP contribution in [0.5, 0.6) is 0 Å². The molecule has 3 aromatic rings. The molecule has 2 aromatic heterocycles. The number of hydrogen-bond donors (Lipinski definition) is 2. The number of halogens is 1. The number of benzene rings is 1. The molecule has 1 fully saturated rings. The summed E-state index contributed by atoms with van der Waals surface area (Å²) >= 11 is 3.37. The molecule has 1 atom stereocenters. The molecular weight excluding hydrogens is 474 g/mol. The first-order valence-corrected chi connectivity index (χ1v) is 11.2. The normalized spacial score (nSPS) is 15.9. The Kier molecular flexibility index (Phi) is 8.43. The van der Waals surface area contributed by atoms with E-state index in [4.69, 9.17) is 10.5 Å². The number of aryl methyl sites for hydroxylation is 2. The zero-order valence-electron chi connectivity index (χ0n) is 18.7. The lowest BCUT2D eigenvalue weighted by molar-refractivity contribution is 0.160. The SMILES string of the molecule is COCCN1CCC(c2cnn(C)c2)C1.Cc1nn(-c2ccccc2)c(NC(N)=O)c1Br. The van der Waals surface area contributed by atoms with Crippen molar-refractivity contribution < 1.29 is 9.53 Å². The lowest BCUT2D eigenvalue weighted by Crippen LogP contribution is -2.24. The predicted octanol–water partition coefficient (Wildman–Crippen LogP) is 3.29. The third kappa shape index (κ3) is 6.18. The van der Waals surface area contributed by atoms with Crippen molar-refractivity contribution in [1.82, 2.24) is 24.5 Å². The molecule has 1 aliphatic rings. The fourth-order valence-electron chi connectivity index (χ4n) is 3.67. The van der Waals surface area contributed by atoms with Crippen molar-refractivity contribution in [1.29, 1.82) is 0 Å². The van der Waals surface area contributed by atoms with Crippen molar-refractivity contribution in [3.8, 4) is 5.69 Å². The molecule has 1 unspecified atom stereocenters. The second-order valence-corrected chi connectivity index (χ2v) is 8.50. The van der Waals surface area contributed by atoms with Gasteiger partial charge in [0.1, 0.15) is 0 Å². The van der Waals surface area contributed by atoms with Gasteiger partial charge in [0.2, 0.25) is 0 Å². The highest BCUT2D eigenvalue weighted by molar-refractivity contribution is 9.10. The van der Waals surface area contributed by atoms with E-state index in [-0.39, 0.29) is 0 Å². The highest BCUT2D eigenvalue weighted by Gasteiger charge is 2.24. The Hall–Kier alpha value is -2.69. The van der Waals surface area contributed by atoms with Gasteiger partial charge in [-0.1, -0.05) is 18.2 Å². The number of rotatable bonds is 6. The van der Waals surface area contributed by atoms with Crippen LogP contribution in [0.15, 0.2) is 47.2 Å². The molecule has 0 spiro atoms. The van der Waals surface area contributed by atoms with Gasteiger partial charge >= 0.3 is 6.03 Å². The molecule has 1 aliphatic heterocycles. The summed E-state index contributed by atoms with van der Waals surface area (Å²) in [5.41, 5.74) is 8.14. The standard InChI is InChI=1S/C11H11BrN4O.C11H19N3O/c1-7-9(12)10(14-11(13)17)16(15-7)8-5-3-2-4-6-8;1-13-8-11(7-12-13)10-3-4-14(9-10)5-6-15-2/h2-6H,1H3,(H3,13,14,17);7-8,10H,3-6,9H2,1-2H3. The number of hydrogen-bond acceptors (Lipinski definition) is 5. The minimum Gasteiger partial charge on any atom is -0.383 e. The smallest absolute Gasteiger partial charge is 0.317 e. The Balaban J connectivity index is 0.000000182. The van der Waals surface area contributed by atoms with Crippen molar-refractivity contribution in [2.24, 2.45) is 12.8 Å². The number of nitrogens with zero attached hydrogens (tertiary/aromatic N) is 5. The van der Waals surface area contributed by atoms with Gasteiger partial charge in [-0.2, -0.15) is 10.2 Å². The lowest BCUT2D eigenvalue weighted by atomic mass is 10.0. The van der Waals surface area contributed by atoms with E-state index in [2.05, 4.69) is 42.5 Å². The van der Waals surface area contributed by atoms with Gasteiger partial charge in [-0.3, -0.25) is 10.00 Å². The van der Waals surface area contributed by atoms with Crippen molar-refractivity contribution in [2.75, 3.05) is 38.7 Å². The minimum absolute atomic E-state index is 0.529. The fraction of sp³-hybridized carbons (Fsp3) is 0.409. The zero-order chi connectivity index (χ0) is 23.1. The van der Waals surface area contributed by atoms with Gasteiger partial charge in [0.05, 0.1) is 28.7 Å². The summed E-state index contributed by atoms with van der Waals surface area (Å²) in [6, 6.07) is 8.87. The maximum atomic E-state index is 11.0. The van der Waals surface area contributed by atoms with Crippen LogP contribution in [0.25, 0.3) is 5.69 Å². The molecule has 0 aliphatic carbocycles. The van der Waals surface area contributed by atoms with Gasteiger partial charge in [0.15, 0.2) is 5.82 Å². The van der Waals surface area contributed by atoms with Crippen LogP contribution in [0.4, 0.5) is 10.6 Å². The second-order valence-electron chi connectivity index (χ2n) is 7.71. The number of aromatic nitrogens is 4. The summed E-state index contributed by atoms with van der Waals surface area (Å²) in [4.78, 5) is 13.4. The van der Waals surface area contributed by atoms with E-state index in [0.29, 0.717) is 11.7 Å². The quantitative estimate of drug-likeness (QED) is 0.537. The van der Waals surface area contributed by atoms with Gasteiger partial charge in [0, 0.05) is 39.4 Å². The number of para-hydroxylation sites is 1. The number of urea groups is 1. The van der Waals surface area contributed by atoms with Crippen LogP contribution in [0.3, 0.4) is 0 Å². The van der Waals surface area contributed by atoms with E-state index >= 15 is 0 Å². The third-order valence-corrected chi connectivity index (χ3v) is 6.26. The predicted molar refractivity (Wildman–Crippen MR) is 128 cm³/mol. The van der Waals surface area contributed by atoms with Gasteiger partial charge in [-0.15, -0.1) is 0 Å². The van der Waals surface area contributed by atoms with Gasteiger partial charge in [0.25, 0.3) is 0 Å². The van der Waals surface area contributed by atoms with E-state index in [1.54, 1.807) is 11.8 Å².